The third-order valence-corrected chi connectivity index (χ3v) is 7.38. The molecule has 0 unspecified atom stereocenters. The first-order chi connectivity index (χ1) is 19.8. The molecule has 12 heteroatoms. The largest absolute Gasteiger partial charge is 0.493 e. The Kier molecular flexibility index (Phi) is 7.95. The minimum atomic E-state index is -1.38. The Morgan fingerprint density at radius 1 is 1.17 bits per heavy atom. The van der Waals surface area contributed by atoms with Crippen molar-refractivity contribution in [1.29, 1.82) is 0 Å². The normalized spacial score (nSPS) is 21.6. The molecule has 0 bridgehead atoms. The number of rotatable bonds is 10. The van der Waals surface area contributed by atoms with Gasteiger partial charge in [0.25, 0.3) is 5.91 Å². The van der Waals surface area contributed by atoms with E-state index in [1.165, 1.54) is 24.2 Å². The Morgan fingerprint density at radius 3 is 2.66 bits per heavy atom. The molecule has 4 atom stereocenters. The third-order valence-electron chi connectivity index (χ3n) is 7.38. The molecule has 0 aromatic heterocycles. The summed E-state index contributed by atoms with van der Waals surface area (Å²) in [7, 11) is 1.40. The van der Waals surface area contributed by atoms with Gasteiger partial charge in [-0.15, -0.1) is 0 Å². The van der Waals surface area contributed by atoms with E-state index in [2.05, 4.69) is 5.32 Å². The second-order valence-electron chi connectivity index (χ2n) is 9.80. The molecule has 0 saturated carbocycles. The Hall–Kier alpha value is -4.42. The predicted molar refractivity (Wildman–Crippen MR) is 142 cm³/mol. The summed E-state index contributed by atoms with van der Waals surface area (Å²) in [5.74, 6) is -1.38. The molecule has 1 aliphatic carbocycles. The smallest absolute Gasteiger partial charge is 0.290 e. The average molecular weight is 567 g/mol. The Morgan fingerprint density at radius 2 is 1.95 bits per heavy atom. The highest BCUT2D eigenvalue weighted by molar-refractivity contribution is 6.36. The minimum absolute atomic E-state index is 0.0413. The highest BCUT2D eigenvalue weighted by atomic mass is 16.7. The van der Waals surface area contributed by atoms with Crippen molar-refractivity contribution in [2.45, 2.75) is 44.1 Å². The Balaban J connectivity index is 1.60. The van der Waals surface area contributed by atoms with Crippen molar-refractivity contribution in [3.8, 4) is 23.0 Å². The molecule has 216 valence electrons. The van der Waals surface area contributed by atoms with Crippen LogP contribution in [0.3, 0.4) is 0 Å². The number of methoxy groups -OCH3 is 1. The quantitative estimate of drug-likeness (QED) is 0.278. The standard InChI is InChI=1S/C29H30N2O10/c1-3-20(34)29(37)31(12-15-4-5-21-22(9-15)40-14-39-21)19-11-18(28(36)30-6-7-32)24-17-8-16(13-33)10-23(38-2)26(17)41-27(24)25(19)35/h4-5,8-11,13,19,24-25,27,32,35H,3,6-7,12,14H2,1-2H3,(H,30,36)/t19-,24+,25+,27+/m1/s1. The number of hydrogen-bond donors (Lipinski definition) is 3. The second-order valence-corrected chi connectivity index (χ2v) is 9.80. The van der Waals surface area contributed by atoms with Gasteiger partial charge in [0.05, 0.1) is 25.7 Å². The van der Waals surface area contributed by atoms with Gasteiger partial charge in [-0.3, -0.25) is 19.2 Å². The lowest BCUT2D eigenvalue weighted by Crippen LogP contribution is -2.56. The van der Waals surface area contributed by atoms with Gasteiger partial charge < -0.3 is 39.4 Å². The van der Waals surface area contributed by atoms with Crippen LogP contribution in [0.15, 0.2) is 42.0 Å². The third kappa shape index (κ3) is 5.11. The van der Waals surface area contributed by atoms with Crippen LogP contribution in [0.25, 0.3) is 0 Å². The van der Waals surface area contributed by atoms with E-state index in [1.54, 1.807) is 31.2 Å². The summed E-state index contributed by atoms with van der Waals surface area (Å²) in [5, 5.41) is 23.6. The van der Waals surface area contributed by atoms with Crippen molar-refractivity contribution < 1.29 is 48.3 Å². The van der Waals surface area contributed by atoms with Crippen LogP contribution in [0.1, 0.15) is 40.7 Å². The maximum absolute atomic E-state index is 13.4. The SMILES string of the molecule is CCC(=O)C(=O)N(Cc1ccc2c(c1)OCO2)[C@@H]1C=C(C(=O)NCCO)[C@@H]2c3cc(C=O)cc(OC)c3O[C@@H]2[C@H]1O. The number of nitrogens with one attached hydrogen (secondary N) is 1. The number of aliphatic hydroxyl groups is 2. The maximum atomic E-state index is 13.4. The molecule has 0 spiro atoms. The summed E-state index contributed by atoms with van der Waals surface area (Å²) in [5.41, 5.74) is 1.49. The van der Waals surface area contributed by atoms with Crippen molar-refractivity contribution in [2.75, 3.05) is 27.1 Å². The van der Waals surface area contributed by atoms with Crippen molar-refractivity contribution in [2.24, 2.45) is 0 Å². The molecule has 3 N–H and O–H groups in total. The average Bonchev–Trinajstić information content (AvgIpc) is 3.62. The summed E-state index contributed by atoms with van der Waals surface area (Å²) in [6.07, 6.45) is -0.421. The number of carbonyl (C=O) groups is 4. The first-order valence-corrected chi connectivity index (χ1v) is 13.2. The number of hydrogen-bond acceptors (Lipinski definition) is 10. The molecule has 0 saturated heterocycles. The zero-order valence-electron chi connectivity index (χ0n) is 22.5. The summed E-state index contributed by atoms with van der Waals surface area (Å²) in [6, 6.07) is 6.99. The number of nitrogens with zero attached hydrogens (tertiary/aromatic N) is 1. The van der Waals surface area contributed by atoms with Gasteiger partial charge in [0.2, 0.25) is 18.5 Å². The van der Waals surface area contributed by atoms with Crippen molar-refractivity contribution >= 4 is 23.9 Å². The van der Waals surface area contributed by atoms with Gasteiger partial charge in [-0.2, -0.15) is 0 Å². The van der Waals surface area contributed by atoms with Crippen molar-refractivity contribution in [1.82, 2.24) is 10.2 Å². The predicted octanol–water partition coefficient (Wildman–Crippen LogP) is 0.867. The zero-order chi connectivity index (χ0) is 29.3. The minimum Gasteiger partial charge on any atom is -0.493 e. The molecule has 2 amide bonds. The molecule has 3 aliphatic rings. The van der Waals surface area contributed by atoms with E-state index < -0.39 is 41.8 Å². The summed E-state index contributed by atoms with van der Waals surface area (Å²) < 4.78 is 22.4. The van der Waals surface area contributed by atoms with Crippen LogP contribution < -0.4 is 24.3 Å². The van der Waals surface area contributed by atoms with Gasteiger partial charge in [-0.25, -0.2) is 0 Å². The first kappa shape index (κ1) is 28.1. The molecular weight excluding hydrogens is 536 g/mol. The number of fused-ring (bicyclic) bond motifs is 4. The number of aliphatic hydroxyl groups excluding tert-OH is 2. The number of aldehydes is 1. The summed E-state index contributed by atoms with van der Waals surface area (Å²) >= 11 is 0. The van der Waals surface area contributed by atoms with E-state index in [0.29, 0.717) is 28.9 Å². The Labute approximate surface area is 235 Å². The molecule has 5 rings (SSSR count). The number of ether oxygens (including phenoxy) is 4. The van der Waals surface area contributed by atoms with Crippen molar-refractivity contribution in [3.05, 3.63) is 58.7 Å². The molecule has 2 aliphatic heterocycles. The number of Topliss-reactive ketones (excluding diaryl/α,β-unsaturated/α-hetero) is 1. The highest BCUT2D eigenvalue weighted by Crippen LogP contribution is 2.51. The molecule has 2 aromatic rings. The van der Waals surface area contributed by atoms with Crippen LogP contribution in [-0.2, 0) is 20.9 Å². The van der Waals surface area contributed by atoms with Crippen LogP contribution in [0, 0.1) is 0 Å². The van der Waals surface area contributed by atoms with E-state index >= 15 is 0 Å². The van der Waals surface area contributed by atoms with Crippen molar-refractivity contribution in [3.63, 3.8) is 0 Å². The van der Waals surface area contributed by atoms with Gasteiger partial charge in [0, 0.05) is 36.2 Å². The summed E-state index contributed by atoms with van der Waals surface area (Å²) in [4.78, 5) is 52.4. The van der Waals surface area contributed by atoms with E-state index in [4.69, 9.17) is 18.9 Å². The zero-order valence-corrected chi connectivity index (χ0v) is 22.5. The second kappa shape index (κ2) is 11.6. The number of amides is 2. The fraction of sp³-hybridized carbons (Fsp3) is 0.379. The lowest BCUT2D eigenvalue weighted by atomic mass is 9.77. The lowest BCUT2D eigenvalue weighted by Gasteiger charge is -2.40. The molecule has 0 fully saturated rings. The van der Waals surface area contributed by atoms with Gasteiger partial charge in [0.1, 0.15) is 18.5 Å². The van der Waals surface area contributed by atoms with Crippen LogP contribution in [0.5, 0.6) is 23.0 Å². The molecule has 12 nitrogen and oxygen atoms in total. The van der Waals surface area contributed by atoms with E-state index in [1.807, 2.05) is 0 Å². The highest BCUT2D eigenvalue weighted by Gasteiger charge is 2.51. The lowest BCUT2D eigenvalue weighted by molar-refractivity contribution is -0.148. The van der Waals surface area contributed by atoms with Crippen LogP contribution in [0.4, 0.5) is 0 Å². The molecular formula is C29H30N2O10. The van der Waals surface area contributed by atoms with Gasteiger partial charge in [-0.1, -0.05) is 13.0 Å². The molecule has 2 aromatic carbocycles. The molecule has 0 radical (unpaired) electrons. The fourth-order valence-corrected chi connectivity index (χ4v) is 5.42. The molecule has 2 heterocycles. The monoisotopic (exact) mass is 566 g/mol. The van der Waals surface area contributed by atoms with Gasteiger partial charge in [0.15, 0.2) is 23.0 Å². The van der Waals surface area contributed by atoms with Gasteiger partial charge >= 0.3 is 0 Å². The Bertz CT molecular complexity index is 1420. The van der Waals surface area contributed by atoms with E-state index in [0.717, 1.165) is 0 Å². The van der Waals surface area contributed by atoms with E-state index in [-0.39, 0.29) is 55.5 Å². The summed E-state index contributed by atoms with van der Waals surface area (Å²) in [6.45, 7) is 1.18. The maximum Gasteiger partial charge on any atom is 0.290 e. The van der Waals surface area contributed by atoms with Crippen LogP contribution >= 0.6 is 0 Å². The topological polar surface area (TPSA) is 161 Å². The van der Waals surface area contributed by atoms with Crippen LogP contribution in [0.2, 0.25) is 0 Å². The molecule has 41 heavy (non-hydrogen) atoms. The van der Waals surface area contributed by atoms with E-state index in [9.17, 15) is 29.4 Å². The first-order valence-electron chi connectivity index (χ1n) is 13.2. The number of carbonyl (C=O) groups excluding carboxylic acids is 4. The van der Waals surface area contributed by atoms with Crippen LogP contribution in [-0.4, -0.2) is 84.3 Å². The number of benzene rings is 2. The fourth-order valence-electron chi connectivity index (χ4n) is 5.42. The van der Waals surface area contributed by atoms with Gasteiger partial charge in [-0.05, 0) is 35.9 Å². The number of ketones is 1.